The first-order valence-corrected chi connectivity index (χ1v) is 8.56. The molecule has 0 amide bonds. The Morgan fingerprint density at radius 2 is 1.90 bits per heavy atom. The Morgan fingerprint density at radius 3 is 2.57 bits per heavy atom. The number of hydrogen-bond donors (Lipinski definition) is 1. The van der Waals surface area contributed by atoms with Gasteiger partial charge in [0.2, 0.25) is 0 Å². The second kappa shape index (κ2) is 7.52. The molecule has 0 aliphatic rings. The SMILES string of the molecule is CCCNC(c1ccc(F)c(Br)c1)c1cc(Br)ccc1C. The maximum atomic E-state index is 13.5. The lowest BCUT2D eigenvalue weighted by Gasteiger charge is -2.22. The fourth-order valence-electron chi connectivity index (χ4n) is 2.31. The van der Waals surface area contributed by atoms with Crippen molar-refractivity contribution in [2.75, 3.05) is 6.54 Å². The summed E-state index contributed by atoms with van der Waals surface area (Å²) in [4.78, 5) is 0. The first-order chi connectivity index (χ1) is 10.0. The summed E-state index contributed by atoms with van der Waals surface area (Å²) in [5.41, 5.74) is 3.47. The standard InChI is InChI=1S/C17H18Br2FN/c1-3-8-21-17(12-5-7-16(20)15(19)9-12)14-10-13(18)6-4-11(14)2/h4-7,9-10,17,21H,3,8H2,1-2H3. The van der Waals surface area contributed by atoms with Gasteiger partial charge in [-0.15, -0.1) is 0 Å². The molecule has 0 heterocycles. The summed E-state index contributed by atoms with van der Waals surface area (Å²) in [6, 6.07) is 11.5. The highest BCUT2D eigenvalue weighted by atomic mass is 79.9. The largest absolute Gasteiger partial charge is 0.306 e. The van der Waals surface area contributed by atoms with Gasteiger partial charge in [-0.25, -0.2) is 4.39 Å². The molecule has 0 saturated carbocycles. The summed E-state index contributed by atoms with van der Waals surface area (Å²) in [7, 11) is 0. The van der Waals surface area contributed by atoms with Crippen molar-refractivity contribution < 1.29 is 4.39 Å². The molecule has 21 heavy (non-hydrogen) atoms. The lowest BCUT2D eigenvalue weighted by Crippen LogP contribution is -2.24. The van der Waals surface area contributed by atoms with Crippen molar-refractivity contribution in [3.05, 3.63) is 67.9 Å². The second-order valence-electron chi connectivity index (χ2n) is 5.06. The molecule has 2 aromatic rings. The van der Waals surface area contributed by atoms with Gasteiger partial charge in [0.05, 0.1) is 10.5 Å². The van der Waals surface area contributed by atoms with Crippen LogP contribution in [0.5, 0.6) is 0 Å². The molecule has 0 radical (unpaired) electrons. The quantitative estimate of drug-likeness (QED) is 0.656. The number of nitrogens with one attached hydrogen (secondary N) is 1. The van der Waals surface area contributed by atoms with E-state index in [-0.39, 0.29) is 11.9 Å². The van der Waals surface area contributed by atoms with Gasteiger partial charge in [0, 0.05) is 4.47 Å². The van der Waals surface area contributed by atoms with Crippen molar-refractivity contribution in [3.63, 3.8) is 0 Å². The molecule has 2 aromatic carbocycles. The third-order valence-electron chi connectivity index (χ3n) is 3.43. The Labute approximate surface area is 142 Å². The van der Waals surface area contributed by atoms with Crippen LogP contribution < -0.4 is 5.32 Å². The van der Waals surface area contributed by atoms with E-state index in [4.69, 9.17) is 0 Å². The number of rotatable bonds is 5. The van der Waals surface area contributed by atoms with E-state index in [9.17, 15) is 4.39 Å². The highest BCUT2D eigenvalue weighted by molar-refractivity contribution is 9.10. The normalized spacial score (nSPS) is 12.4. The Balaban J connectivity index is 2.46. The smallest absolute Gasteiger partial charge is 0.137 e. The van der Waals surface area contributed by atoms with Gasteiger partial charge in [0.15, 0.2) is 0 Å². The predicted molar refractivity (Wildman–Crippen MR) is 93.1 cm³/mol. The van der Waals surface area contributed by atoms with E-state index in [2.05, 4.69) is 63.2 Å². The molecule has 1 atom stereocenters. The average molecular weight is 415 g/mol. The van der Waals surface area contributed by atoms with Crippen LogP contribution in [0, 0.1) is 12.7 Å². The Kier molecular flexibility index (Phi) is 5.97. The first kappa shape index (κ1) is 16.7. The highest BCUT2D eigenvalue weighted by Gasteiger charge is 2.17. The van der Waals surface area contributed by atoms with Crippen LogP contribution in [-0.2, 0) is 0 Å². The summed E-state index contributed by atoms with van der Waals surface area (Å²) in [5.74, 6) is -0.237. The zero-order valence-corrected chi connectivity index (χ0v) is 15.3. The molecule has 0 aliphatic heterocycles. The number of aryl methyl sites for hydroxylation is 1. The summed E-state index contributed by atoms with van der Waals surface area (Å²) in [6.07, 6.45) is 1.05. The third-order valence-corrected chi connectivity index (χ3v) is 4.53. The van der Waals surface area contributed by atoms with Crippen LogP contribution in [0.3, 0.4) is 0 Å². The van der Waals surface area contributed by atoms with Crippen LogP contribution in [0.2, 0.25) is 0 Å². The zero-order chi connectivity index (χ0) is 15.4. The van der Waals surface area contributed by atoms with Crippen LogP contribution in [0.25, 0.3) is 0 Å². The van der Waals surface area contributed by atoms with Crippen molar-refractivity contribution in [2.24, 2.45) is 0 Å². The van der Waals surface area contributed by atoms with E-state index >= 15 is 0 Å². The van der Waals surface area contributed by atoms with Gasteiger partial charge in [-0.05, 0) is 76.8 Å². The lowest BCUT2D eigenvalue weighted by atomic mass is 9.95. The van der Waals surface area contributed by atoms with Crippen LogP contribution in [0.1, 0.15) is 36.1 Å². The van der Waals surface area contributed by atoms with Gasteiger partial charge in [-0.1, -0.05) is 35.0 Å². The highest BCUT2D eigenvalue weighted by Crippen LogP contribution is 2.30. The molecule has 0 spiro atoms. The Bertz CT molecular complexity index is 628. The molecule has 1 unspecified atom stereocenters. The third kappa shape index (κ3) is 4.15. The van der Waals surface area contributed by atoms with Crippen LogP contribution in [0.15, 0.2) is 45.3 Å². The minimum Gasteiger partial charge on any atom is -0.306 e. The predicted octanol–water partition coefficient (Wildman–Crippen LogP) is 5.75. The van der Waals surface area contributed by atoms with E-state index in [1.165, 1.54) is 17.2 Å². The molecule has 0 fully saturated rings. The van der Waals surface area contributed by atoms with Crippen molar-refractivity contribution in [2.45, 2.75) is 26.3 Å². The Hall–Kier alpha value is -0.710. The summed E-state index contributed by atoms with van der Waals surface area (Å²) >= 11 is 6.81. The molecule has 1 nitrogen and oxygen atoms in total. The van der Waals surface area contributed by atoms with E-state index in [1.54, 1.807) is 0 Å². The van der Waals surface area contributed by atoms with Crippen molar-refractivity contribution in [1.29, 1.82) is 0 Å². The number of hydrogen-bond acceptors (Lipinski definition) is 1. The summed E-state index contributed by atoms with van der Waals surface area (Å²) in [6.45, 7) is 5.14. The maximum absolute atomic E-state index is 13.5. The minimum atomic E-state index is -0.237. The molecule has 0 aliphatic carbocycles. The minimum absolute atomic E-state index is 0.0550. The average Bonchev–Trinajstić information content (AvgIpc) is 2.46. The molecular formula is C17H18Br2FN. The van der Waals surface area contributed by atoms with Gasteiger partial charge in [-0.2, -0.15) is 0 Å². The zero-order valence-electron chi connectivity index (χ0n) is 12.1. The van der Waals surface area contributed by atoms with Gasteiger partial charge in [0.25, 0.3) is 0 Å². The number of halogens is 3. The van der Waals surface area contributed by atoms with Crippen LogP contribution in [0.4, 0.5) is 4.39 Å². The van der Waals surface area contributed by atoms with Gasteiger partial charge < -0.3 is 5.32 Å². The molecular weight excluding hydrogens is 397 g/mol. The maximum Gasteiger partial charge on any atom is 0.137 e. The number of benzene rings is 2. The molecule has 1 N–H and O–H groups in total. The second-order valence-corrected chi connectivity index (χ2v) is 6.83. The molecule has 0 saturated heterocycles. The lowest BCUT2D eigenvalue weighted by molar-refractivity contribution is 0.589. The monoisotopic (exact) mass is 413 g/mol. The van der Waals surface area contributed by atoms with E-state index in [0.717, 1.165) is 23.0 Å². The summed E-state index contributed by atoms with van der Waals surface area (Å²) < 4.78 is 15.0. The van der Waals surface area contributed by atoms with Crippen molar-refractivity contribution >= 4 is 31.9 Å². The van der Waals surface area contributed by atoms with E-state index in [1.807, 2.05) is 18.2 Å². The van der Waals surface area contributed by atoms with E-state index in [0.29, 0.717) is 4.47 Å². The molecule has 112 valence electrons. The van der Waals surface area contributed by atoms with Crippen molar-refractivity contribution in [3.8, 4) is 0 Å². The van der Waals surface area contributed by atoms with Gasteiger partial charge >= 0.3 is 0 Å². The van der Waals surface area contributed by atoms with Crippen LogP contribution in [-0.4, -0.2) is 6.54 Å². The topological polar surface area (TPSA) is 12.0 Å². The molecule has 0 bridgehead atoms. The van der Waals surface area contributed by atoms with E-state index < -0.39 is 0 Å². The van der Waals surface area contributed by atoms with Crippen LogP contribution >= 0.6 is 31.9 Å². The molecule has 2 rings (SSSR count). The van der Waals surface area contributed by atoms with Gasteiger partial charge in [-0.3, -0.25) is 0 Å². The fraction of sp³-hybridized carbons (Fsp3) is 0.294. The Morgan fingerprint density at radius 1 is 1.14 bits per heavy atom. The molecule has 4 heteroatoms. The fourth-order valence-corrected chi connectivity index (χ4v) is 3.09. The first-order valence-electron chi connectivity index (χ1n) is 6.97. The summed E-state index contributed by atoms with van der Waals surface area (Å²) in [5, 5.41) is 3.55. The van der Waals surface area contributed by atoms with Gasteiger partial charge in [0.1, 0.15) is 5.82 Å². The van der Waals surface area contributed by atoms with Crippen molar-refractivity contribution in [1.82, 2.24) is 5.32 Å². The molecule has 0 aromatic heterocycles.